The molecular weight excluding hydrogens is 304 g/mol. The number of nitrogens with one attached hydrogen (secondary N) is 1. The van der Waals surface area contributed by atoms with E-state index < -0.39 is 0 Å². The molecule has 0 aromatic carbocycles. The minimum Gasteiger partial charge on any atom is -0.356 e. The van der Waals surface area contributed by atoms with Gasteiger partial charge in [-0.05, 0) is 37.8 Å². The van der Waals surface area contributed by atoms with Crippen LogP contribution >= 0.6 is 0 Å². The molecule has 4 rings (SSSR count). The van der Waals surface area contributed by atoms with Crippen LogP contribution < -0.4 is 10.2 Å². The van der Waals surface area contributed by atoms with Gasteiger partial charge >= 0.3 is 0 Å². The summed E-state index contributed by atoms with van der Waals surface area (Å²) in [5, 5.41) is 3.06. The molecule has 124 valence electrons. The number of hydrogen-bond acceptors (Lipinski definition) is 6. The van der Waals surface area contributed by atoms with Crippen molar-refractivity contribution >= 4 is 11.7 Å². The monoisotopic (exact) mass is 324 g/mol. The van der Waals surface area contributed by atoms with E-state index in [1.165, 1.54) is 19.2 Å². The van der Waals surface area contributed by atoms with E-state index in [1.807, 2.05) is 12.3 Å². The van der Waals surface area contributed by atoms with Crippen molar-refractivity contribution in [3.8, 4) is 0 Å². The normalized spacial score (nSPS) is 18.4. The number of rotatable bonds is 4. The van der Waals surface area contributed by atoms with E-state index in [2.05, 4.69) is 25.2 Å². The summed E-state index contributed by atoms with van der Waals surface area (Å²) in [4.78, 5) is 31.3. The third-order valence-electron chi connectivity index (χ3n) is 4.57. The lowest BCUT2D eigenvalue weighted by atomic mass is 10.0. The van der Waals surface area contributed by atoms with E-state index in [9.17, 15) is 4.79 Å². The average Bonchev–Trinajstić information content (AvgIpc) is 3.48. The summed E-state index contributed by atoms with van der Waals surface area (Å²) in [6, 6.07) is 3.78. The van der Waals surface area contributed by atoms with Gasteiger partial charge in [0.15, 0.2) is 0 Å². The Balaban J connectivity index is 1.33. The quantitative estimate of drug-likeness (QED) is 0.918. The highest BCUT2D eigenvalue weighted by Gasteiger charge is 2.28. The lowest BCUT2D eigenvalue weighted by Gasteiger charge is -2.33. The first kappa shape index (κ1) is 15.0. The van der Waals surface area contributed by atoms with Crippen molar-refractivity contribution in [1.29, 1.82) is 0 Å². The van der Waals surface area contributed by atoms with Crippen LogP contribution in [0.5, 0.6) is 0 Å². The number of aromatic nitrogens is 4. The first-order chi connectivity index (χ1) is 11.8. The summed E-state index contributed by atoms with van der Waals surface area (Å²) in [5.41, 5.74) is 0.414. The highest BCUT2D eigenvalue weighted by Crippen LogP contribution is 2.38. The number of amides is 1. The van der Waals surface area contributed by atoms with Crippen molar-refractivity contribution < 1.29 is 4.79 Å². The summed E-state index contributed by atoms with van der Waals surface area (Å²) in [6.07, 6.45) is 9.06. The van der Waals surface area contributed by atoms with E-state index in [-0.39, 0.29) is 11.9 Å². The Bertz CT molecular complexity index is 710. The summed E-state index contributed by atoms with van der Waals surface area (Å²) in [5.74, 6) is 2.42. The number of carbonyl (C=O) groups is 1. The molecule has 0 bridgehead atoms. The summed E-state index contributed by atoms with van der Waals surface area (Å²) in [7, 11) is 0. The predicted molar refractivity (Wildman–Crippen MR) is 88.7 cm³/mol. The highest BCUT2D eigenvalue weighted by molar-refractivity contribution is 5.92. The molecule has 2 aromatic heterocycles. The van der Waals surface area contributed by atoms with Crippen LogP contribution in [0.2, 0.25) is 0 Å². The van der Waals surface area contributed by atoms with Crippen molar-refractivity contribution in [1.82, 2.24) is 25.3 Å². The second kappa shape index (κ2) is 6.51. The molecule has 1 aliphatic heterocycles. The second-order valence-corrected chi connectivity index (χ2v) is 6.38. The zero-order valence-corrected chi connectivity index (χ0v) is 13.4. The van der Waals surface area contributed by atoms with Crippen molar-refractivity contribution in [3.63, 3.8) is 0 Å². The van der Waals surface area contributed by atoms with E-state index in [0.29, 0.717) is 11.6 Å². The van der Waals surface area contributed by atoms with E-state index >= 15 is 0 Å². The molecule has 2 fully saturated rings. The molecule has 1 saturated carbocycles. The summed E-state index contributed by atoms with van der Waals surface area (Å²) < 4.78 is 0. The van der Waals surface area contributed by atoms with Crippen molar-refractivity contribution in [2.75, 3.05) is 18.0 Å². The highest BCUT2D eigenvalue weighted by atomic mass is 16.1. The molecule has 0 atom stereocenters. The molecule has 24 heavy (non-hydrogen) atoms. The molecule has 1 amide bonds. The zero-order chi connectivity index (χ0) is 16.4. The topological polar surface area (TPSA) is 83.9 Å². The van der Waals surface area contributed by atoms with Crippen LogP contribution in [0.15, 0.2) is 30.9 Å². The van der Waals surface area contributed by atoms with Crippen LogP contribution in [0, 0.1) is 0 Å². The van der Waals surface area contributed by atoms with Gasteiger partial charge in [-0.25, -0.2) is 19.9 Å². The van der Waals surface area contributed by atoms with Gasteiger partial charge in [0, 0.05) is 37.4 Å². The molecule has 7 heteroatoms. The lowest BCUT2D eigenvalue weighted by molar-refractivity contribution is 0.0926. The molecule has 2 aromatic rings. The number of piperidine rings is 1. The maximum atomic E-state index is 12.2. The fourth-order valence-corrected chi connectivity index (χ4v) is 3.02. The van der Waals surface area contributed by atoms with Gasteiger partial charge in [-0.2, -0.15) is 0 Å². The van der Waals surface area contributed by atoms with Crippen LogP contribution in [-0.4, -0.2) is 45.0 Å². The minimum atomic E-state index is -0.131. The first-order valence-corrected chi connectivity index (χ1v) is 8.44. The number of carbonyl (C=O) groups excluding carboxylic acids is 1. The molecule has 1 N–H and O–H groups in total. The van der Waals surface area contributed by atoms with Crippen molar-refractivity contribution in [2.24, 2.45) is 0 Å². The predicted octanol–water partition coefficient (Wildman–Crippen LogP) is 1.54. The number of hydrogen-bond donors (Lipinski definition) is 1. The Morgan fingerprint density at radius 2 is 1.92 bits per heavy atom. The smallest absolute Gasteiger partial charge is 0.270 e. The fourth-order valence-electron chi connectivity index (χ4n) is 3.02. The van der Waals surface area contributed by atoms with E-state index in [0.717, 1.165) is 37.6 Å². The van der Waals surface area contributed by atoms with Gasteiger partial charge in [-0.15, -0.1) is 0 Å². The van der Waals surface area contributed by atoms with E-state index in [4.69, 9.17) is 4.98 Å². The molecule has 7 nitrogen and oxygen atoms in total. The summed E-state index contributed by atoms with van der Waals surface area (Å²) >= 11 is 0. The largest absolute Gasteiger partial charge is 0.356 e. The SMILES string of the molecule is O=C(NC1CCN(c2ccnc(C3CC3)n2)CC1)c1ccncn1. The van der Waals surface area contributed by atoms with Gasteiger partial charge in [-0.1, -0.05) is 0 Å². The molecule has 0 spiro atoms. The Hall–Kier alpha value is -2.57. The van der Waals surface area contributed by atoms with Gasteiger partial charge in [-0.3, -0.25) is 4.79 Å². The number of anilines is 1. The maximum Gasteiger partial charge on any atom is 0.270 e. The van der Waals surface area contributed by atoms with Gasteiger partial charge in [0.25, 0.3) is 5.91 Å². The van der Waals surface area contributed by atoms with Crippen LogP contribution in [0.4, 0.5) is 5.82 Å². The molecule has 0 unspecified atom stereocenters. The van der Waals surface area contributed by atoms with Crippen LogP contribution in [0.1, 0.15) is 47.9 Å². The Labute approximate surface area is 140 Å². The standard InChI is InChI=1S/C17H20N6O/c24-17(14-3-7-18-11-20-14)21-13-5-9-23(10-6-13)15-4-8-19-16(22-15)12-1-2-12/h3-4,7-8,11-13H,1-2,5-6,9-10H2,(H,21,24). The fraction of sp³-hybridized carbons (Fsp3) is 0.471. The first-order valence-electron chi connectivity index (χ1n) is 8.44. The lowest BCUT2D eigenvalue weighted by Crippen LogP contribution is -2.45. The van der Waals surface area contributed by atoms with E-state index in [1.54, 1.807) is 12.3 Å². The molecular formula is C17H20N6O. The maximum absolute atomic E-state index is 12.2. The molecule has 1 saturated heterocycles. The van der Waals surface area contributed by atoms with Gasteiger partial charge < -0.3 is 10.2 Å². The molecule has 3 heterocycles. The summed E-state index contributed by atoms with van der Waals surface area (Å²) in [6.45, 7) is 1.77. The Morgan fingerprint density at radius 1 is 1.08 bits per heavy atom. The zero-order valence-electron chi connectivity index (χ0n) is 13.4. The third-order valence-corrected chi connectivity index (χ3v) is 4.57. The van der Waals surface area contributed by atoms with Gasteiger partial charge in [0.05, 0.1) is 0 Å². The molecule has 1 aliphatic carbocycles. The Kier molecular flexibility index (Phi) is 4.06. The van der Waals surface area contributed by atoms with Crippen molar-refractivity contribution in [2.45, 2.75) is 37.6 Å². The van der Waals surface area contributed by atoms with Crippen LogP contribution in [0.25, 0.3) is 0 Å². The third kappa shape index (κ3) is 3.34. The second-order valence-electron chi connectivity index (χ2n) is 6.38. The van der Waals surface area contributed by atoms with Crippen molar-refractivity contribution in [3.05, 3.63) is 42.4 Å². The number of nitrogens with zero attached hydrogens (tertiary/aromatic N) is 5. The van der Waals surface area contributed by atoms with Gasteiger partial charge in [0.1, 0.15) is 23.7 Å². The molecule has 2 aliphatic rings. The average molecular weight is 324 g/mol. The van der Waals surface area contributed by atoms with Gasteiger partial charge in [0.2, 0.25) is 0 Å². The Morgan fingerprint density at radius 3 is 2.62 bits per heavy atom. The minimum absolute atomic E-state index is 0.131. The molecule has 0 radical (unpaired) electrons. The van der Waals surface area contributed by atoms with Crippen LogP contribution in [0.3, 0.4) is 0 Å². The van der Waals surface area contributed by atoms with Crippen LogP contribution in [-0.2, 0) is 0 Å².